The van der Waals surface area contributed by atoms with Gasteiger partial charge in [0, 0.05) is 39.8 Å². The first-order valence-corrected chi connectivity index (χ1v) is 7.46. The van der Waals surface area contributed by atoms with Gasteiger partial charge in [0.1, 0.15) is 0 Å². The van der Waals surface area contributed by atoms with E-state index in [0.717, 1.165) is 25.9 Å². The van der Waals surface area contributed by atoms with E-state index in [4.69, 9.17) is 5.26 Å². The molecule has 0 N–H and O–H groups in total. The number of likely N-dealkylation sites (tertiary alicyclic amines) is 1. The van der Waals surface area contributed by atoms with Crippen LogP contribution in [0.15, 0.2) is 12.3 Å². The average Bonchev–Trinajstić information content (AvgIpc) is 3.10. The van der Waals surface area contributed by atoms with Crippen LogP contribution >= 0.6 is 0 Å². The molecule has 0 aromatic carbocycles. The summed E-state index contributed by atoms with van der Waals surface area (Å²) in [4.78, 5) is 16.1. The lowest BCUT2D eigenvalue weighted by Gasteiger charge is -2.25. The minimum atomic E-state index is 0.112. The molecule has 0 bridgehead atoms. The van der Waals surface area contributed by atoms with Crippen molar-refractivity contribution in [3.8, 4) is 6.07 Å². The van der Waals surface area contributed by atoms with Crippen molar-refractivity contribution in [1.82, 2.24) is 19.6 Å². The number of nitrogens with zero attached hydrogens (tertiary/aromatic N) is 5. The first-order chi connectivity index (χ1) is 10.1. The molecule has 114 valence electrons. The normalized spacial score (nSPS) is 18.6. The lowest BCUT2D eigenvalue weighted by atomic mass is 10.1. The molecule has 0 spiro atoms. The molecule has 21 heavy (non-hydrogen) atoms. The highest BCUT2D eigenvalue weighted by Gasteiger charge is 2.28. The summed E-state index contributed by atoms with van der Waals surface area (Å²) in [5, 5.41) is 12.8. The van der Waals surface area contributed by atoms with Crippen LogP contribution in [-0.4, -0.2) is 52.2 Å². The second-order valence-corrected chi connectivity index (χ2v) is 5.55. The van der Waals surface area contributed by atoms with Gasteiger partial charge in [0.15, 0.2) is 0 Å². The Morgan fingerprint density at radius 1 is 1.62 bits per heavy atom. The number of hydrogen-bond donors (Lipinski definition) is 0. The third-order valence-electron chi connectivity index (χ3n) is 4.16. The van der Waals surface area contributed by atoms with E-state index in [1.165, 1.54) is 5.69 Å². The van der Waals surface area contributed by atoms with Crippen LogP contribution in [0, 0.1) is 11.3 Å². The zero-order chi connectivity index (χ0) is 15.2. The van der Waals surface area contributed by atoms with Crippen LogP contribution in [0.3, 0.4) is 0 Å². The van der Waals surface area contributed by atoms with Crippen LogP contribution < -0.4 is 0 Å². The Morgan fingerprint density at radius 2 is 2.43 bits per heavy atom. The average molecular weight is 289 g/mol. The van der Waals surface area contributed by atoms with E-state index >= 15 is 0 Å². The van der Waals surface area contributed by atoms with Gasteiger partial charge in [-0.05, 0) is 25.5 Å². The Morgan fingerprint density at radius 3 is 3.10 bits per heavy atom. The summed E-state index contributed by atoms with van der Waals surface area (Å²) in [6, 6.07) is 4.50. The Balaban J connectivity index is 1.86. The van der Waals surface area contributed by atoms with E-state index < -0.39 is 0 Å². The smallest absolute Gasteiger partial charge is 0.223 e. The molecule has 0 saturated carbocycles. The molecule has 1 unspecified atom stereocenters. The monoisotopic (exact) mass is 289 g/mol. The molecule has 1 aromatic heterocycles. The number of carbonyl (C=O) groups is 1. The van der Waals surface area contributed by atoms with E-state index in [9.17, 15) is 4.79 Å². The maximum Gasteiger partial charge on any atom is 0.223 e. The number of aryl methyl sites for hydroxylation is 1. The highest BCUT2D eigenvalue weighted by atomic mass is 16.2. The van der Waals surface area contributed by atoms with Crippen LogP contribution in [-0.2, 0) is 11.8 Å². The summed E-state index contributed by atoms with van der Waals surface area (Å²) in [7, 11) is 3.73. The Hall–Kier alpha value is -1.87. The van der Waals surface area contributed by atoms with Gasteiger partial charge in [0.25, 0.3) is 0 Å². The van der Waals surface area contributed by atoms with Crippen molar-refractivity contribution < 1.29 is 4.79 Å². The fraction of sp³-hybridized carbons (Fsp3) is 0.667. The summed E-state index contributed by atoms with van der Waals surface area (Å²) in [5.41, 5.74) is 1.22. The summed E-state index contributed by atoms with van der Waals surface area (Å²) >= 11 is 0. The second kappa shape index (κ2) is 7.23. The SMILES string of the molecule is CN(CCC#N)C(=O)CCN1CCCC1c1ccnn1C. The van der Waals surface area contributed by atoms with Gasteiger partial charge in [0.2, 0.25) is 5.91 Å². The third-order valence-corrected chi connectivity index (χ3v) is 4.16. The molecule has 6 nitrogen and oxygen atoms in total. The van der Waals surface area contributed by atoms with Crippen molar-refractivity contribution in [2.24, 2.45) is 7.05 Å². The lowest BCUT2D eigenvalue weighted by molar-refractivity contribution is -0.130. The Kier molecular flexibility index (Phi) is 5.34. The molecule has 0 aliphatic carbocycles. The quantitative estimate of drug-likeness (QED) is 0.792. The van der Waals surface area contributed by atoms with Gasteiger partial charge in [-0.25, -0.2) is 0 Å². The third kappa shape index (κ3) is 3.82. The fourth-order valence-corrected chi connectivity index (χ4v) is 2.91. The number of amides is 1. The number of nitriles is 1. The summed E-state index contributed by atoms with van der Waals surface area (Å²) in [6.07, 6.45) is 5.01. The minimum absolute atomic E-state index is 0.112. The topological polar surface area (TPSA) is 65.2 Å². The van der Waals surface area contributed by atoms with Gasteiger partial charge in [0.05, 0.1) is 24.2 Å². The predicted molar refractivity (Wildman–Crippen MR) is 79.2 cm³/mol. The Bertz CT molecular complexity index is 518. The predicted octanol–water partition coefficient (Wildman–Crippen LogP) is 1.32. The number of aromatic nitrogens is 2. The largest absolute Gasteiger partial charge is 0.345 e. The molecule has 1 amide bonds. The van der Waals surface area contributed by atoms with Crippen molar-refractivity contribution in [2.75, 3.05) is 26.7 Å². The van der Waals surface area contributed by atoms with Crippen molar-refractivity contribution in [3.05, 3.63) is 18.0 Å². The van der Waals surface area contributed by atoms with Crippen LogP contribution in [0.1, 0.15) is 37.4 Å². The minimum Gasteiger partial charge on any atom is -0.345 e. The molecular weight excluding hydrogens is 266 g/mol. The van der Waals surface area contributed by atoms with Gasteiger partial charge in [-0.3, -0.25) is 14.4 Å². The molecule has 1 aliphatic rings. The summed E-state index contributed by atoms with van der Waals surface area (Å²) in [5.74, 6) is 0.112. The molecule has 1 fully saturated rings. The zero-order valence-corrected chi connectivity index (χ0v) is 12.8. The lowest BCUT2D eigenvalue weighted by Crippen LogP contribution is -2.33. The molecule has 1 atom stereocenters. The van der Waals surface area contributed by atoms with E-state index in [0.29, 0.717) is 25.4 Å². The van der Waals surface area contributed by atoms with E-state index in [1.54, 1.807) is 11.9 Å². The van der Waals surface area contributed by atoms with Crippen LogP contribution in [0.5, 0.6) is 0 Å². The van der Waals surface area contributed by atoms with Crippen molar-refractivity contribution in [2.45, 2.75) is 31.7 Å². The van der Waals surface area contributed by atoms with Crippen LogP contribution in [0.25, 0.3) is 0 Å². The van der Waals surface area contributed by atoms with E-state index in [1.807, 2.05) is 17.9 Å². The maximum absolute atomic E-state index is 12.0. The Labute approximate surface area is 125 Å². The number of carbonyl (C=O) groups excluding carboxylic acids is 1. The van der Waals surface area contributed by atoms with Crippen LogP contribution in [0.2, 0.25) is 0 Å². The van der Waals surface area contributed by atoms with Gasteiger partial charge in [-0.15, -0.1) is 0 Å². The van der Waals surface area contributed by atoms with Crippen molar-refractivity contribution >= 4 is 5.91 Å². The highest BCUT2D eigenvalue weighted by molar-refractivity contribution is 5.76. The van der Waals surface area contributed by atoms with Crippen LogP contribution in [0.4, 0.5) is 0 Å². The standard InChI is InChI=1S/C15H23N5O/c1-18(10-4-8-16)15(21)7-12-20-11-3-5-14(20)13-6-9-17-19(13)2/h6,9,14H,3-5,7,10-12H2,1-2H3. The summed E-state index contributed by atoms with van der Waals surface area (Å²) < 4.78 is 1.92. The zero-order valence-electron chi connectivity index (χ0n) is 12.8. The molecule has 1 aromatic rings. The van der Waals surface area contributed by atoms with Gasteiger partial charge < -0.3 is 4.90 Å². The highest BCUT2D eigenvalue weighted by Crippen LogP contribution is 2.31. The molecular formula is C15H23N5O. The van der Waals surface area contributed by atoms with Crippen molar-refractivity contribution in [1.29, 1.82) is 5.26 Å². The summed E-state index contributed by atoms with van der Waals surface area (Å²) in [6.45, 7) is 2.32. The fourth-order valence-electron chi connectivity index (χ4n) is 2.91. The van der Waals surface area contributed by atoms with Crippen molar-refractivity contribution in [3.63, 3.8) is 0 Å². The van der Waals surface area contributed by atoms with Gasteiger partial charge >= 0.3 is 0 Å². The molecule has 6 heteroatoms. The van der Waals surface area contributed by atoms with E-state index in [-0.39, 0.29) is 5.91 Å². The van der Waals surface area contributed by atoms with Gasteiger partial charge in [-0.2, -0.15) is 10.4 Å². The number of rotatable bonds is 6. The molecule has 2 rings (SSSR count). The maximum atomic E-state index is 12.0. The first-order valence-electron chi connectivity index (χ1n) is 7.46. The number of hydrogen-bond acceptors (Lipinski definition) is 4. The molecule has 1 saturated heterocycles. The molecule has 2 heterocycles. The van der Waals surface area contributed by atoms with Gasteiger partial charge in [-0.1, -0.05) is 0 Å². The first kappa shape index (κ1) is 15.5. The van der Waals surface area contributed by atoms with E-state index in [2.05, 4.69) is 22.1 Å². The molecule has 1 aliphatic heterocycles. The molecule has 0 radical (unpaired) electrons. The second-order valence-electron chi connectivity index (χ2n) is 5.55.